The molecule has 0 bridgehead atoms. The molecular formula is C38H51Cl2N5O5S. The first-order valence-electron chi connectivity index (χ1n) is 18.1. The number of hydrogen-bond acceptors (Lipinski definition) is 10. The number of methoxy groups -OCH3 is 2. The van der Waals surface area contributed by atoms with Crippen LogP contribution < -0.4 is 0 Å². The molecule has 278 valence electrons. The molecule has 3 aliphatic rings. The minimum Gasteiger partial charge on any atom is -0.468 e. The molecule has 51 heavy (non-hydrogen) atoms. The Labute approximate surface area is 316 Å². The van der Waals surface area contributed by atoms with E-state index >= 15 is 0 Å². The lowest BCUT2D eigenvalue weighted by atomic mass is 9.74. The van der Waals surface area contributed by atoms with Crippen LogP contribution in [-0.4, -0.2) is 110 Å². The quantitative estimate of drug-likeness (QED) is 0.186. The number of halogens is 2. The zero-order valence-corrected chi connectivity index (χ0v) is 32.6. The lowest BCUT2D eigenvalue weighted by molar-refractivity contribution is -0.143. The van der Waals surface area contributed by atoms with Gasteiger partial charge in [-0.05, 0) is 68.4 Å². The molecule has 10 nitrogen and oxygen atoms in total. The molecule has 0 N–H and O–H groups in total. The maximum atomic E-state index is 14.0. The molecule has 2 fully saturated rings. The first-order chi connectivity index (χ1) is 24.6. The molecule has 13 heteroatoms. The van der Waals surface area contributed by atoms with Gasteiger partial charge >= 0.3 is 11.9 Å². The fourth-order valence-corrected chi connectivity index (χ4v) is 9.33. The molecule has 1 saturated heterocycles. The second-order valence-electron chi connectivity index (χ2n) is 13.8. The van der Waals surface area contributed by atoms with E-state index in [4.69, 9.17) is 37.7 Å². The molecule has 1 aromatic carbocycles. The molecule has 1 aromatic heterocycles. The van der Waals surface area contributed by atoms with Crippen LogP contribution in [0, 0.1) is 11.3 Å². The van der Waals surface area contributed by atoms with E-state index in [1.807, 2.05) is 10.3 Å². The Kier molecular flexibility index (Phi) is 14.1. The lowest BCUT2D eigenvalue weighted by Crippen LogP contribution is -2.50. The molecule has 3 heterocycles. The average molecular weight is 761 g/mol. The van der Waals surface area contributed by atoms with Gasteiger partial charge in [-0.2, -0.15) is 0 Å². The summed E-state index contributed by atoms with van der Waals surface area (Å²) >= 11 is 15.0. The van der Waals surface area contributed by atoms with Crippen LogP contribution in [0.4, 0.5) is 0 Å². The monoisotopic (exact) mass is 759 g/mol. The van der Waals surface area contributed by atoms with Crippen molar-refractivity contribution in [1.29, 1.82) is 0 Å². The number of benzene rings is 1. The number of rotatable bonds is 15. The number of ether oxygens (including phenoxy) is 2. The zero-order valence-electron chi connectivity index (χ0n) is 30.3. The standard InChI is InChI=1S/C38H51Cl2N5O5S/c1-5-43(6-2)25-38(14-7-8-15-38)16-18-44-19-21-45(22-20-44)31(46)24-29-34(37(48)50-4)35(32-26(39)10-9-11-27(32)40)33(36(47)49-3)28(42-29)12-13-30-41-17-23-51-30/h9-11,17,23,33,35H,5-8,12-16,18-22,24-25H2,1-4H3. The largest absolute Gasteiger partial charge is 0.468 e. The topological polar surface area (TPSA) is 105 Å². The van der Waals surface area contributed by atoms with Crippen molar-refractivity contribution in [2.45, 2.75) is 71.1 Å². The van der Waals surface area contributed by atoms with Crippen molar-refractivity contribution in [3.63, 3.8) is 0 Å². The number of esters is 2. The maximum absolute atomic E-state index is 14.0. The molecule has 2 unspecified atom stereocenters. The highest BCUT2D eigenvalue weighted by molar-refractivity contribution is 7.09. The SMILES string of the molecule is CCN(CC)CC1(CCN2CCN(C(=O)CC3=C(C(=O)OC)C(c4c(Cl)cccc4Cl)C(C(=O)OC)C(CCc4nccs4)=N3)CC2)CCCC1. The van der Waals surface area contributed by atoms with E-state index in [1.54, 1.807) is 24.4 Å². The first kappa shape index (κ1) is 39.4. The van der Waals surface area contributed by atoms with Crippen LogP contribution in [0.1, 0.15) is 75.3 Å². The molecule has 2 atom stereocenters. The van der Waals surface area contributed by atoms with Crippen molar-refractivity contribution < 1.29 is 23.9 Å². The van der Waals surface area contributed by atoms with E-state index in [9.17, 15) is 14.4 Å². The molecule has 5 rings (SSSR count). The molecule has 0 spiro atoms. The number of piperazine rings is 1. The van der Waals surface area contributed by atoms with Crippen LogP contribution in [-0.2, 0) is 30.3 Å². The van der Waals surface area contributed by atoms with Crippen LogP contribution in [0.15, 0.2) is 46.0 Å². The third kappa shape index (κ3) is 9.40. The number of thiazole rings is 1. The van der Waals surface area contributed by atoms with Crippen LogP contribution >= 0.6 is 34.5 Å². The summed E-state index contributed by atoms with van der Waals surface area (Å²) in [5.74, 6) is -3.43. The Morgan fingerprint density at radius 3 is 2.27 bits per heavy atom. The summed E-state index contributed by atoms with van der Waals surface area (Å²) in [6, 6.07) is 5.02. The number of amides is 1. The normalized spacial score (nSPS) is 20.8. The molecule has 1 aliphatic carbocycles. The van der Waals surface area contributed by atoms with Gasteiger partial charge in [0.2, 0.25) is 5.91 Å². The number of carbonyl (C=O) groups is 3. The van der Waals surface area contributed by atoms with Crippen LogP contribution in [0.3, 0.4) is 0 Å². The van der Waals surface area contributed by atoms with Crippen molar-refractivity contribution in [1.82, 2.24) is 19.7 Å². The Bertz CT molecular complexity index is 1560. The average Bonchev–Trinajstić information content (AvgIpc) is 3.84. The van der Waals surface area contributed by atoms with E-state index in [1.165, 1.54) is 64.2 Å². The minimum atomic E-state index is -1.02. The third-order valence-corrected chi connectivity index (χ3v) is 12.5. The highest BCUT2D eigenvalue weighted by Crippen LogP contribution is 2.47. The minimum absolute atomic E-state index is 0.0861. The van der Waals surface area contributed by atoms with Crippen LogP contribution in [0.25, 0.3) is 0 Å². The van der Waals surface area contributed by atoms with E-state index in [2.05, 4.69) is 28.6 Å². The van der Waals surface area contributed by atoms with Gasteiger partial charge in [0.05, 0.1) is 36.9 Å². The summed E-state index contributed by atoms with van der Waals surface area (Å²) in [7, 11) is 2.57. The van der Waals surface area contributed by atoms with E-state index in [-0.39, 0.29) is 33.6 Å². The van der Waals surface area contributed by atoms with Gasteiger partial charge in [-0.25, -0.2) is 9.78 Å². The smallest absolute Gasteiger partial charge is 0.336 e. The Morgan fingerprint density at radius 2 is 1.69 bits per heavy atom. The van der Waals surface area contributed by atoms with Gasteiger partial charge in [-0.15, -0.1) is 11.3 Å². The number of aryl methyl sites for hydroxylation is 1. The van der Waals surface area contributed by atoms with Crippen molar-refractivity contribution >= 4 is 58.1 Å². The number of aromatic nitrogens is 1. The molecule has 1 saturated carbocycles. The number of hydrogen-bond donors (Lipinski definition) is 0. The predicted octanol–water partition coefficient (Wildman–Crippen LogP) is 6.66. The fourth-order valence-electron chi connectivity index (χ4n) is 8.08. The molecule has 2 aliphatic heterocycles. The second-order valence-corrected chi connectivity index (χ2v) is 15.6. The predicted molar refractivity (Wildman–Crippen MR) is 203 cm³/mol. The van der Waals surface area contributed by atoms with E-state index in [0.717, 1.165) is 37.7 Å². The summed E-state index contributed by atoms with van der Waals surface area (Å²) in [4.78, 5) is 57.5. The summed E-state index contributed by atoms with van der Waals surface area (Å²) in [6.45, 7) is 11.6. The van der Waals surface area contributed by atoms with Gasteiger partial charge in [0.15, 0.2) is 0 Å². The third-order valence-electron chi connectivity index (χ3n) is 11.0. The molecular weight excluding hydrogens is 709 g/mol. The zero-order chi connectivity index (χ0) is 36.5. The van der Waals surface area contributed by atoms with Gasteiger partial charge in [0, 0.05) is 72.4 Å². The first-order valence-corrected chi connectivity index (χ1v) is 19.8. The molecule has 1 amide bonds. The highest BCUT2D eigenvalue weighted by Gasteiger charge is 2.46. The van der Waals surface area contributed by atoms with E-state index < -0.39 is 23.8 Å². The Morgan fingerprint density at radius 1 is 1.00 bits per heavy atom. The maximum Gasteiger partial charge on any atom is 0.336 e. The van der Waals surface area contributed by atoms with Gasteiger partial charge in [0.25, 0.3) is 0 Å². The Hall–Kier alpha value is -2.83. The summed E-state index contributed by atoms with van der Waals surface area (Å²) in [5.41, 5.74) is 1.59. The van der Waals surface area contributed by atoms with Crippen molar-refractivity contribution in [3.8, 4) is 0 Å². The van der Waals surface area contributed by atoms with E-state index in [0.29, 0.717) is 42.6 Å². The summed E-state index contributed by atoms with van der Waals surface area (Å²) in [6.07, 6.45) is 8.85. The Balaban J connectivity index is 1.39. The molecule has 0 radical (unpaired) electrons. The number of aliphatic imine (C=N–C) groups is 1. The molecule has 2 aromatic rings. The van der Waals surface area contributed by atoms with Crippen molar-refractivity contribution in [2.75, 3.05) is 66.6 Å². The van der Waals surface area contributed by atoms with Crippen molar-refractivity contribution in [2.24, 2.45) is 16.3 Å². The fraction of sp³-hybridized carbons (Fsp3) is 0.605. The second kappa shape index (κ2) is 18.3. The summed E-state index contributed by atoms with van der Waals surface area (Å²) < 4.78 is 10.6. The van der Waals surface area contributed by atoms with Gasteiger partial charge in [-0.1, -0.05) is 56.0 Å². The highest BCUT2D eigenvalue weighted by atomic mass is 35.5. The van der Waals surface area contributed by atoms with Crippen LogP contribution in [0.2, 0.25) is 10.0 Å². The lowest BCUT2D eigenvalue weighted by Gasteiger charge is -2.39. The van der Waals surface area contributed by atoms with Gasteiger partial charge in [0.1, 0.15) is 5.92 Å². The summed E-state index contributed by atoms with van der Waals surface area (Å²) in [5, 5.41) is 3.32. The van der Waals surface area contributed by atoms with Crippen molar-refractivity contribution in [3.05, 3.63) is 61.7 Å². The van der Waals surface area contributed by atoms with Gasteiger partial charge in [-0.3, -0.25) is 19.5 Å². The van der Waals surface area contributed by atoms with Gasteiger partial charge < -0.3 is 19.3 Å². The number of nitrogens with zero attached hydrogens (tertiary/aromatic N) is 5. The number of carbonyl (C=O) groups excluding carboxylic acids is 3. The van der Waals surface area contributed by atoms with Crippen LogP contribution in [0.5, 0.6) is 0 Å².